The molecule has 1 aliphatic heterocycles. The topological polar surface area (TPSA) is 64.8 Å². The van der Waals surface area contributed by atoms with Gasteiger partial charge in [0.25, 0.3) is 0 Å². The minimum atomic E-state index is -0.245. The summed E-state index contributed by atoms with van der Waals surface area (Å²) in [5, 5.41) is 4.50. The molecule has 2 aromatic carbocycles. The van der Waals surface area contributed by atoms with Crippen LogP contribution in [0, 0.1) is 0 Å². The van der Waals surface area contributed by atoms with Crippen LogP contribution < -0.4 is 4.74 Å². The van der Waals surface area contributed by atoms with E-state index in [0.717, 1.165) is 53.1 Å². The number of carbonyl (C=O) groups excluding carboxylic acids is 1. The Hall–Kier alpha value is -3.12. The van der Waals surface area contributed by atoms with Gasteiger partial charge in [0.1, 0.15) is 11.4 Å². The third-order valence-electron chi connectivity index (χ3n) is 6.22. The van der Waals surface area contributed by atoms with E-state index in [1.165, 1.54) is 0 Å². The third-order valence-corrected chi connectivity index (χ3v) is 6.22. The van der Waals surface area contributed by atoms with Gasteiger partial charge in [-0.15, -0.1) is 0 Å². The van der Waals surface area contributed by atoms with Gasteiger partial charge in [-0.25, -0.2) is 0 Å². The van der Waals surface area contributed by atoms with E-state index >= 15 is 0 Å². The van der Waals surface area contributed by atoms with Crippen molar-refractivity contribution >= 4 is 6.41 Å². The molecule has 1 aliphatic carbocycles. The van der Waals surface area contributed by atoms with Crippen LogP contribution in [-0.2, 0) is 14.9 Å². The highest BCUT2D eigenvalue weighted by molar-refractivity contribution is 5.83. The molecule has 1 amide bonds. The maximum atomic E-state index is 11.3. The van der Waals surface area contributed by atoms with E-state index in [4.69, 9.17) is 14.0 Å². The molecule has 0 bridgehead atoms. The maximum absolute atomic E-state index is 11.3. The third kappa shape index (κ3) is 3.17. The Morgan fingerprint density at radius 1 is 1.10 bits per heavy atom. The van der Waals surface area contributed by atoms with Crippen LogP contribution in [0.5, 0.6) is 5.75 Å². The first-order chi connectivity index (χ1) is 14.7. The summed E-state index contributed by atoms with van der Waals surface area (Å²) in [6, 6.07) is 18.1. The number of methoxy groups -OCH3 is 1. The van der Waals surface area contributed by atoms with Crippen molar-refractivity contribution in [3.8, 4) is 28.1 Å². The first kappa shape index (κ1) is 18.9. The second-order valence-corrected chi connectivity index (χ2v) is 7.95. The number of benzene rings is 2. The minimum Gasteiger partial charge on any atom is -0.497 e. The highest BCUT2D eigenvalue weighted by atomic mass is 16.5. The van der Waals surface area contributed by atoms with Crippen LogP contribution >= 0.6 is 0 Å². The molecule has 2 heterocycles. The van der Waals surface area contributed by atoms with Gasteiger partial charge in [-0.05, 0) is 42.7 Å². The van der Waals surface area contributed by atoms with Gasteiger partial charge < -0.3 is 18.9 Å². The molecule has 1 unspecified atom stereocenters. The molecular formula is C24H24N2O4. The van der Waals surface area contributed by atoms with Crippen molar-refractivity contribution in [3.63, 3.8) is 0 Å². The van der Waals surface area contributed by atoms with Gasteiger partial charge in [0.05, 0.1) is 30.8 Å². The molecule has 6 nitrogen and oxygen atoms in total. The molecule has 0 radical (unpaired) electrons. The normalized spacial score (nSPS) is 20.0. The molecule has 5 rings (SSSR count). The summed E-state index contributed by atoms with van der Waals surface area (Å²) in [6.07, 6.45) is 2.74. The van der Waals surface area contributed by atoms with E-state index in [2.05, 4.69) is 17.3 Å². The van der Waals surface area contributed by atoms with Gasteiger partial charge in [-0.3, -0.25) is 4.79 Å². The fraction of sp³-hybridized carbons (Fsp3) is 0.333. The zero-order valence-electron chi connectivity index (χ0n) is 16.9. The van der Waals surface area contributed by atoms with Gasteiger partial charge in [0.2, 0.25) is 6.41 Å². The quantitative estimate of drug-likeness (QED) is 0.583. The lowest BCUT2D eigenvalue weighted by Crippen LogP contribution is -2.47. The van der Waals surface area contributed by atoms with Crippen LogP contribution in [0.2, 0.25) is 0 Å². The number of carbonyl (C=O) groups is 1. The molecule has 6 heteroatoms. The first-order valence-corrected chi connectivity index (χ1v) is 10.3. The van der Waals surface area contributed by atoms with Crippen molar-refractivity contribution < 1.29 is 18.8 Å². The number of rotatable bonds is 6. The summed E-state index contributed by atoms with van der Waals surface area (Å²) in [5.74, 6) is 1.66. The predicted molar refractivity (Wildman–Crippen MR) is 112 cm³/mol. The number of ether oxygens (including phenoxy) is 2. The van der Waals surface area contributed by atoms with Crippen LogP contribution in [-0.4, -0.2) is 49.4 Å². The van der Waals surface area contributed by atoms with Crippen molar-refractivity contribution in [2.45, 2.75) is 24.4 Å². The minimum absolute atomic E-state index is 0.0874. The van der Waals surface area contributed by atoms with Crippen molar-refractivity contribution in [1.82, 2.24) is 10.1 Å². The molecule has 3 aromatic rings. The Morgan fingerprint density at radius 2 is 1.87 bits per heavy atom. The van der Waals surface area contributed by atoms with Crippen LogP contribution in [0.15, 0.2) is 59.1 Å². The fourth-order valence-corrected chi connectivity index (χ4v) is 4.38. The summed E-state index contributed by atoms with van der Waals surface area (Å²) >= 11 is 0. The van der Waals surface area contributed by atoms with Crippen LogP contribution in [0.4, 0.5) is 0 Å². The number of hydrogen-bond acceptors (Lipinski definition) is 5. The number of morpholine rings is 1. The van der Waals surface area contributed by atoms with E-state index in [0.29, 0.717) is 19.7 Å². The second kappa shape index (κ2) is 7.61. The lowest BCUT2D eigenvalue weighted by Gasteiger charge is -2.34. The summed E-state index contributed by atoms with van der Waals surface area (Å²) in [5.41, 5.74) is 3.61. The molecule has 0 N–H and O–H groups in total. The van der Waals surface area contributed by atoms with Crippen molar-refractivity contribution in [2.75, 3.05) is 26.8 Å². The molecular weight excluding hydrogens is 380 g/mol. The molecule has 1 saturated heterocycles. The number of amides is 1. The zero-order chi connectivity index (χ0) is 20.6. The van der Waals surface area contributed by atoms with E-state index in [9.17, 15) is 4.79 Å². The summed E-state index contributed by atoms with van der Waals surface area (Å²) in [7, 11) is 1.66. The molecule has 1 atom stereocenters. The molecule has 1 saturated carbocycles. The van der Waals surface area contributed by atoms with Gasteiger partial charge in [-0.2, -0.15) is 0 Å². The molecule has 0 spiro atoms. The lowest BCUT2D eigenvalue weighted by atomic mass is 9.87. The monoisotopic (exact) mass is 404 g/mol. The summed E-state index contributed by atoms with van der Waals surface area (Å²) < 4.78 is 17.5. The second-order valence-electron chi connectivity index (χ2n) is 7.95. The van der Waals surface area contributed by atoms with Crippen LogP contribution in [0.25, 0.3) is 22.4 Å². The molecule has 2 aliphatic rings. The standard InChI is InChI=1S/C24H24N2O4/c1-28-19-9-7-18(8-10-19)22-21(17-5-3-2-4-6-17)23(30-25-22)24(11-12-24)20-15-26(16-27)13-14-29-20/h2-10,16,20H,11-15H2,1H3. The van der Waals surface area contributed by atoms with Crippen molar-refractivity contribution in [1.29, 1.82) is 0 Å². The largest absolute Gasteiger partial charge is 0.497 e. The van der Waals surface area contributed by atoms with Gasteiger partial charge in [-0.1, -0.05) is 35.5 Å². The SMILES string of the molecule is COc1ccc(-c2noc(C3(C4CN(C=O)CCO4)CC3)c2-c2ccccc2)cc1. The molecule has 1 aromatic heterocycles. The smallest absolute Gasteiger partial charge is 0.209 e. The van der Waals surface area contributed by atoms with Crippen LogP contribution in [0.1, 0.15) is 18.6 Å². The lowest BCUT2D eigenvalue weighted by molar-refractivity contribution is -0.127. The maximum Gasteiger partial charge on any atom is 0.209 e. The number of hydrogen-bond donors (Lipinski definition) is 0. The Labute approximate surface area is 175 Å². The van der Waals surface area contributed by atoms with Gasteiger partial charge >= 0.3 is 0 Å². The van der Waals surface area contributed by atoms with Gasteiger partial charge in [0.15, 0.2) is 5.76 Å². The fourth-order valence-electron chi connectivity index (χ4n) is 4.38. The average molecular weight is 404 g/mol. The average Bonchev–Trinajstić information content (AvgIpc) is 3.51. The van der Waals surface area contributed by atoms with Gasteiger partial charge in [0, 0.05) is 18.7 Å². The Bertz CT molecular complexity index is 1030. The number of aromatic nitrogens is 1. The first-order valence-electron chi connectivity index (χ1n) is 10.3. The van der Waals surface area contributed by atoms with E-state index in [1.54, 1.807) is 12.0 Å². The van der Waals surface area contributed by atoms with E-state index in [1.807, 2.05) is 42.5 Å². The van der Waals surface area contributed by atoms with E-state index in [-0.39, 0.29) is 11.5 Å². The summed E-state index contributed by atoms with van der Waals surface area (Å²) in [4.78, 5) is 13.1. The molecule has 30 heavy (non-hydrogen) atoms. The Kier molecular flexibility index (Phi) is 4.79. The molecule has 154 valence electrons. The molecule has 2 fully saturated rings. The highest BCUT2D eigenvalue weighted by Crippen LogP contribution is 2.56. The van der Waals surface area contributed by atoms with E-state index < -0.39 is 0 Å². The summed E-state index contributed by atoms with van der Waals surface area (Å²) in [6.45, 7) is 1.76. The van der Waals surface area contributed by atoms with Crippen molar-refractivity contribution in [2.24, 2.45) is 0 Å². The Balaban J connectivity index is 1.60. The van der Waals surface area contributed by atoms with Crippen molar-refractivity contribution in [3.05, 3.63) is 60.4 Å². The Morgan fingerprint density at radius 3 is 2.53 bits per heavy atom. The number of nitrogens with zero attached hydrogens (tertiary/aromatic N) is 2. The zero-order valence-corrected chi connectivity index (χ0v) is 16.9. The highest BCUT2D eigenvalue weighted by Gasteiger charge is 2.57. The predicted octanol–water partition coefficient (Wildman–Crippen LogP) is 3.91. The van der Waals surface area contributed by atoms with Crippen LogP contribution in [0.3, 0.4) is 0 Å².